The van der Waals surface area contributed by atoms with Crippen LogP contribution in [-0.4, -0.2) is 17.4 Å². The van der Waals surface area contributed by atoms with Crippen molar-refractivity contribution < 1.29 is 4.79 Å². The van der Waals surface area contributed by atoms with Crippen LogP contribution >= 0.6 is 15.9 Å². The largest absolute Gasteiger partial charge is 0.385 e. The van der Waals surface area contributed by atoms with E-state index in [0.29, 0.717) is 5.69 Å². The van der Waals surface area contributed by atoms with Gasteiger partial charge in [-0.15, -0.1) is 0 Å². The van der Waals surface area contributed by atoms with Gasteiger partial charge in [0.1, 0.15) is 5.69 Å². The maximum absolute atomic E-state index is 12.2. The fourth-order valence-corrected chi connectivity index (χ4v) is 2.07. The lowest BCUT2D eigenvalue weighted by atomic mass is 10.2. The van der Waals surface area contributed by atoms with Crippen molar-refractivity contribution in [3.8, 4) is 0 Å². The highest BCUT2D eigenvalue weighted by atomic mass is 79.9. The second-order valence-electron chi connectivity index (χ2n) is 4.67. The highest BCUT2D eigenvalue weighted by molar-refractivity contribution is 9.10. The zero-order valence-corrected chi connectivity index (χ0v) is 13.5. The molecule has 2 rings (SSSR count). The number of rotatable bonds is 6. The van der Waals surface area contributed by atoms with E-state index in [9.17, 15) is 4.79 Å². The molecule has 5 heteroatoms. The van der Waals surface area contributed by atoms with Crippen molar-refractivity contribution in [3.05, 3.63) is 52.8 Å². The number of halogens is 1. The average molecular weight is 348 g/mol. The first-order chi connectivity index (χ1) is 10.2. The number of amides is 1. The SMILES string of the molecule is CCCCNc1ccnc(C(=O)Nc2ccc(Br)cc2)c1. The van der Waals surface area contributed by atoms with E-state index in [-0.39, 0.29) is 5.91 Å². The molecule has 0 saturated carbocycles. The van der Waals surface area contributed by atoms with Crippen LogP contribution in [0.5, 0.6) is 0 Å². The van der Waals surface area contributed by atoms with E-state index in [1.54, 1.807) is 12.3 Å². The number of unbranched alkanes of at least 4 members (excludes halogenated alkanes) is 1. The van der Waals surface area contributed by atoms with Crippen LogP contribution in [0.1, 0.15) is 30.3 Å². The van der Waals surface area contributed by atoms with Crippen LogP contribution in [0.15, 0.2) is 47.1 Å². The smallest absolute Gasteiger partial charge is 0.274 e. The van der Waals surface area contributed by atoms with Gasteiger partial charge in [-0.05, 0) is 42.8 Å². The molecule has 1 aromatic carbocycles. The van der Waals surface area contributed by atoms with Crippen molar-refractivity contribution in [3.63, 3.8) is 0 Å². The summed E-state index contributed by atoms with van der Waals surface area (Å²) < 4.78 is 0.973. The molecule has 2 N–H and O–H groups in total. The van der Waals surface area contributed by atoms with Gasteiger partial charge in [0, 0.05) is 28.6 Å². The first kappa shape index (κ1) is 15.5. The highest BCUT2D eigenvalue weighted by Crippen LogP contribution is 2.15. The maximum atomic E-state index is 12.2. The second kappa shape index (κ2) is 7.78. The van der Waals surface area contributed by atoms with Crippen molar-refractivity contribution in [1.29, 1.82) is 0 Å². The van der Waals surface area contributed by atoms with Crippen LogP contribution in [0, 0.1) is 0 Å². The van der Waals surface area contributed by atoms with E-state index in [1.165, 1.54) is 0 Å². The van der Waals surface area contributed by atoms with Gasteiger partial charge in [-0.2, -0.15) is 0 Å². The predicted octanol–water partition coefficient (Wildman–Crippen LogP) is 4.31. The van der Waals surface area contributed by atoms with Crippen LogP contribution < -0.4 is 10.6 Å². The lowest BCUT2D eigenvalue weighted by molar-refractivity contribution is 0.102. The summed E-state index contributed by atoms with van der Waals surface area (Å²) in [6, 6.07) is 11.1. The predicted molar refractivity (Wildman–Crippen MR) is 89.7 cm³/mol. The Morgan fingerprint density at radius 1 is 1.19 bits per heavy atom. The highest BCUT2D eigenvalue weighted by Gasteiger charge is 2.08. The fourth-order valence-electron chi connectivity index (χ4n) is 1.80. The van der Waals surface area contributed by atoms with Gasteiger partial charge in [-0.3, -0.25) is 9.78 Å². The van der Waals surface area contributed by atoms with Crippen molar-refractivity contribution in [1.82, 2.24) is 4.98 Å². The van der Waals surface area contributed by atoms with E-state index in [1.807, 2.05) is 30.3 Å². The van der Waals surface area contributed by atoms with Gasteiger partial charge in [0.25, 0.3) is 5.91 Å². The van der Waals surface area contributed by atoms with Gasteiger partial charge < -0.3 is 10.6 Å². The Labute approximate surface area is 133 Å². The molecule has 0 atom stereocenters. The van der Waals surface area contributed by atoms with Crippen LogP contribution in [-0.2, 0) is 0 Å². The third-order valence-corrected chi connectivity index (χ3v) is 3.48. The number of aromatic nitrogens is 1. The number of hydrogen-bond acceptors (Lipinski definition) is 3. The van der Waals surface area contributed by atoms with E-state index in [2.05, 4.69) is 38.5 Å². The number of hydrogen-bond donors (Lipinski definition) is 2. The standard InChI is InChI=1S/C16H18BrN3O/c1-2-3-9-18-14-8-10-19-15(11-14)16(21)20-13-6-4-12(17)5-7-13/h4-8,10-11H,2-3,9H2,1H3,(H,18,19)(H,20,21). The molecule has 0 saturated heterocycles. The molecule has 0 bridgehead atoms. The van der Waals surface area contributed by atoms with E-state index < -0.39 is 0 Å². The number of pyridine rings is 1. The third-order valence-electron chi connectivity index (χ3n) is 2.95. The molecule has 0 aliphatic carbocycles. The molecule has 0 fully saturated rings. The van der Waals surface area contributed by atoms with Gasteiger partial charge in [-0.25, -0.2) is 0 Å². The number of carbonyl (C=O) groups excluding carboxylic acids is 1. The molecule has 4 nitrogen and oxygen atoms in total. The van der Waals surface area contributed by atoms with Gasteiger partial charge >= 0.3 is 0 Å². The summed E-state index contributed by atoms with van der Waals surface area (Å²) in [7, 11) is 0. The molecule has 1 aromatic heterocycles. The minimum atomic E-state index is -0.212. The number of anilines is 2. The summed E-state index contributed by atoms with van der Waals surface area (Å²) in [5.41, 5.74) is 2.06. The summed E-state index contributed by atoms with van der Waals surface area (Å²) in [4.78, 5) is 16.3. The molecular formula is C16H18BrN3O. The Kier molecular flexibility index (Phi) is 5.75. The van der Waals surface area contributed by atoms with Crippen LogP contribution in [0.3, 0.4) is 0 Å². The number of nitrogens with one attached hydrogen (secondary N) is 2. The summed E-state index contributed by atoms with van der Waals surface area (Å²) in [5.74, 6) is -0.212. The summed E-state index contributed by atoms with van der Waals surface area (Å²) in [6.45, 7) is 3.04. The Bertz CT molecular complexity index is 599. The maximum Gasteiger partial charge on any atom is 0.274 e. The molecule has 2 aromatic rings. The van der Waals surface area contributed by atoms with Crippen LogP contribution in [0.2, 0.25) is 0 Å². The Morgan fingerprint density at radius 3 is 2.67 bits per heavy atom. The third kappa shape index (κ3) is 4.86. The number of carbonyl (C=O) groups is 1. The van der Waals surface area contributed by atoms with Crippen molar-refractivity contribution in [2.75, 3.05) is 17.2 Å². The molecule has 0 radical (unpaired) electrons. The van der Waals surface area contributed by atoms with Gasteiger partial charge in [0.15, 0.2) is 0 Å². The lowest BCUT2D eigenvalue weighted by Gasteiger charge is -2.08. The molecule has 1 heterocycles. The molecule has 0 aliphatic rings. The van der Waals surface area contributed by atoms with E-state index in [4.69, 9.17) is 0 Å². The zero-order chi connectivity index (χ0) is 15.1. The topological polar surface area (TPSA) is 54.0 Å². The number of benzene rings is 1. The second-order valence-corrected chi connectivity index (χ2v) is 5.59. The normalized spacial score (nSPS) is 10.2. The Morgan fingerprint density at radius 2 is 1.95 bits per heavy atom. The molecule has 0 unspecified atom stereocenters. The van der Waals surface area contributed by atoms with Gasteiger partial charge in [0.05, 0.1) is 0 Å². The van der Waals surface area contributed by atoms with Gasteiger partial charge in [-0.1, -0.05) is 29.3 Å². The van der Waals surface area contributed by atoms with Crippen molar-refractivity contribution in [2.45, 2.75) is 19.8 Å². The van der Waals surface area contributed by atoms with Crippen LogP contribution in [0.4, 0.5) is 11.4 Å². The monoisotopic (exact) mass is 347 g/mol. The Hall–Kier alpha value is -1.88. The van der Waals surface area contributed by atoms with Crippen molar-refractivity contribution in [2.24, 2.45) is 0 Å². The van der Waals surface area contributed by atoms with Crippen molar-refractivity contribution >= 4 is 33.2 Å². The first-order valence-electron chi connectivity index (χ1n) is 6.96. The minimum absolute atomic E-state index is 0.212. The first-order valence-corrected chi connectivity index (χ1v) is 7.75. The quantitative estimate of drug-likeness (QED) is 0.765. The molecule has 21 heavy (non-hydrogen) atoms. The molecule has 110 valence electrons. The molecule has 0 aliphatic heterocycles. The van der Waals surface area contributed by atoms with Gasteiger partial charge in [0.2, 0.25) is 0 Å². The zero-order valence-electron chi connectivity index (χ0n) is 11.9. The van der Waals surface area contributed by atoms with E-state index >= 15 is 0 Å². The molecule has 0 spiro atoms. The minimum Gasteiger partial charge on any atom is -0.385 e. The number of nitrogens with zero attached hydrogens (tertiary/aromatic N) is 1. The Balaban J connectivity index is 2.01. The summed E-state index contributed by atoms with van der Waals surface area (Å²) in [5, 5.41) is 6.12. The molecular weight excluding hydrogens is 330 g/mol. The lowest BCUT2D eigenvalue weighted by Crippen LogP contribution is -2.14. The van der Waals surface area contributed by atoms with Crippen LogP contribution in [0.25, 0.3) is 0 Å². The van der Waals surface area contributed by atoms with E-state index in [0.717, 1.165) is 35.2 Å². The summed E-state index contributed by atoms with van der Waals surface area (Å²) >= 11 is 3.36. The average Bonchev–Trinajstić information content (AvgIpc) is 2.50. The fraction of sp³-hybridized carbons (Fsp3) is 0.250. The summed E-state index contributed by atoms with van der Waals surface area (Å²) in [6.07, 6.45) is 3.88. The molecule has 1 amide bonds.